The number of amides is 3. The summed E-state index contributed by atoms with van der Waals surface area (Å²) in [5.74, 6) is -0.232. The third-order valence-corrected chi connectivity index (χ3v) is 18.0. The zero-order valence-electron chi connectivity index (χ0n) is 47.8. The molecule has 7 N–H and O–H groups in total. The first-order valence-corrected chi connectivity index (χ1v) is 29.8. The van der Waals surface area contributed by atoms with Gasteiger partial charge in [0, 0.05) is 62.9 Å². The van der Waals surface area contributed by atoms with Crippen molar-refractivity contribution in [1.29, 1.82) is 0 Å². The molecule has 3 amide bonds. The lowest BCUT2D eigenvalue weighted by Crippen LogP contribution is -2.43. The van der Waals surface area contributed by atoms with Gasteiger partial charge in [0.15, 0.2) is 10.2 Å². The smallest absolute Gasteiger partial charge is 0.332 e. The van der Waals surface area contributed by atoms with Gasteiger partial charge in [-0.3, -0.25) is 15.6 Å². The monoisotopic (exact) mass is 1180 g/mol. The first kappa shape index (κ1) is 61.9. The fourth-order valence-electron chi connectivity index (χ4n) is 11.1. The summed E-state index contributed by atoms with van der Waals surface area (Å²) in [7, 11) is 0. The van der Waals surface area contributed by atoms with Crippen LogP contribution in [0.3, 0.4) is 0 Å². The number of hydrogen-bond acceptors (Lipinski definition) is 7. The Balaban J connectivity index is 0.000000174. The maximum Gasteiger partial charge on any atom is 0.416 e. The molecule has 9 nitrogen and oxygen atoms in total. The van der Waals surface area contributed by atoms with Gasteiger partial charge in [0.25, 0.3) is 5.91 Å². The Bertz CT molecular complexity index is 3230. The highest BCUT2D eigenvalue weighted by molar-refractivity contribution is 8.01. The molecular formula is C63H74F3N7O2S5. The van der Waals surface area contributed by atoms with E-state index in [1.54, 1.807) is 12.1 Å². The molecule has 0 fully saturated rings. The number of thiocarbonyl (C=S) groups is 2. The van der Waals surface area contributed by atoms with Crippen LogP contribution in [0.15, 0.2) is 148 Å². The quantitative estimate of drug-likeness (QED) is 0.0638. The zero-order chi connectivity index (χ0) is 58.6. The Labute approximate surface area is 494 Å². The SMILES string of the molecule is CC1(C)CC(C)(C)c2cc(NC(=S)NNC(=O)c3ccccc3)ccc2S1.CC1(C)CC(C)(C)c2cc(NC(=S)Nc3ccc(C(F)(F)F)cc3)ccc2S1.Cc1ccc(NC(=O)Nc2ccc3c(c2)C(C)(C)CC(C)(C)S3)cc1. The predicted molar refractivity (Wildman–Crippen MR) is 340 cm³/mol. The van der Waals surface area contributed by atoms with E-state index in [0.717, 1.165) is 54.1 Å². The molecule has 6 aromatic rings. The van der Waals surface area contributed by atoms with Gasteiger partial charge in [-0.05, 0) is 187 Å². The third-order valence-electron chi connectivity index (χ3n) is 13.8. The van der Waals surface area contributed by atoms with Crippen molar-refractivity contribution in [3.8, 4) is 0 Å². The van der Waals surface area contributed by atoms with Crippen molar-refractivity contribution in [1.82, 2.24) is 10.9 Å². The van der Waals surface area contributed by atoms with Crippen LogP contribution in [-0.2, 0) is 22.4 Å². The van der Waals surface area contributed by atoms with Crippen molar-refractivity contribution in [3.05, 3.63) is 167 Å². The summed E-state index contributed by atoms with van der Waals surface area (Å²) in [6.45, 7) is 29.4. The fourth-order valence-corrected chi connectivity index (χ4v) is 16.3. The molecule has 80 heavy (non-hydrogen) atoms. The molecule has 3 aliphatic rings. The van der Waals surface area contributed by atoms with Crippen LogP contribution < -0.4 is 37.4 Å². The summed E-state index contributed by atoms with van der Waals surface area (Å²) in [5.41, 5.74) is 14.5. The number of halogens is 3. The molecule has 0 radical (unpaired) electrons. The highest BCUT2D eigenvalue weighted by Gasteiger charge is 2.41. The Morgan fingerprint density at radius 3 is 1.23 bits per heavy atom. The number of rotatable bonds is 6. The number of nitrogens with one attached hydrogen (secondary N) is 7. The molecule has 0 saturated carbocycles. The van der Waals surface area contributed by atoms with Gasteiger partial charge in [0.05, 0.1) is 5.56 Å². The van der Waals surface area contributed by atoms with Gasteiger partial charge in [-0.1, -0.05) is 119 Å². The normalized spacial score (nSPS) is 17.2. The van der Waals surface area contributed by atoms with Gasteiger partial charge in [0.1, 0.15) is 0 Å². The van der Waals surface area contributed by atoms with Gasteiger partial charge in [-0.15, -0.1) is 35.3 Å². The zero-order valence-corrected chi connectivity index (χ0v) is 51.9. The highest BCUT2D eigenvalue weighted by Crippen LogP contribution is 2.54. The van der Waals surface area contributed by atoms with Crippen LogP contribution >= 0.6 is 59.7 Å². The first-order chi connectivity index (χ1) is 37.2. The summed E-state index contributed by atoms with van der Waals surface area (Å²) in [4.78, 5) is 28.2. The number of hydrogen-bond donors (Lipinski definition) is 7. The number of alkyl halides is 3. The molecule has 424 valence electrons. The second-order valence-corrected chi connectivity index (χ2v) is 30.5. The Kier molecular flexibility index (Phi) is 18.9. The van der Waals surface area contributed by atoms with Crippen molar-refractivity contribution in [3.63, 3.8) is 0 Å². The van der Waals surface area contributed by atoms with Crippen LogP contribution in [0.5, 0.6) is 0 Å². The van der Waals surface area contributed by atoms with E-state index in [1.807, 2.05) is 103 Å². The van der Waals surface area contributed by atoms with E-state index in [-0.39, 0.29) is 42.4 Å². The van der Waals surface area contributed by atoms with Crippen LogP contribution in [0, 0.1) is 6.92 Å². The summed E-state index contributed by atoms with van der Waals surface area (Å²) in [6, 6.07) is 40.1. The van der Waals surface area contributed by atoms with E-state index < -0.39 is 11.7 Å². The average Bonchev–Trinajstić information content (AvgIpc) is 3.35. The van der Waals surface area contributed by atoms with Gasteiger partial charge in [-0.25, -0.2) is 4.79 Å². The molecule has 6 aromatic carbocycles. The topological polar surface area (TPSA) is 118 Å². The number of urea groups is 1. The molecule has 17 heteroatoms. The Hall–Kier alpha value is -5.72. The Morgan fingerprint density at radius 1 is 0.450 bits per heavy atom. The average molecular weight is 1180 g/mol. The van der Waals surface area contributed by atoms with Crippen molar-refractivity contribution in [2.24, 2.45) is 0 Å². The summed E-state index contributed by atoms with van der Waals surface area (Å²) in [6.07, 6.45) is -1.07. The maximum atomic E-state index is 12.7. The minimum atomic E-state index is -4.35. The lowest BCUT2D eigenvalue weighted by atomic mass is 9.77. The van der Waals surface area contributed by atoms with Gasteiger partial charge in [0.2, 0.25) is 0 Å². The summed E-state index contributed by atoms with van der Waals surface area (Å²) >= 11 is 16.4. The number of aryl methyl sites for hydroxylation is 1. The number of carbonyl (C=O) groups is 2. The number of benzene rings is 6. The molecule has 9 rings (SSSR count). The molecule has 3 heterocycles. The molecule has 3 aliphatic heterocycles. The minimum Gasteiger partial charge on any atom is -0.332 e. The number of hydrazine groups is 1. The molecule has 0 unspecified atom stereocenters. The fraction of sp³-hybridized carbons (Fsp3) is 0.365. The summed E-state index contributed by atoms with van der Waals surface area (Å²) < 4.78 is 38.6. The highest BCUT2D eigenvalue weighted by atomic mass is 32.2. The van der Waals surface area contributed by atoms with Crippen molar-refractivity contribution in [2.75, 3.05) is 26.6 Å². The van der Waals surface area contributed by atoms with E-state index in [2.05, 4.69) is 157 Å². The Morgan fingerprint density at radius 2 is 0.800 bits per heavy atom. The number of thioether (sulfide) groups is 3. The van der Waals surface area contributed by atoms with Gasteiger partial charge >= 0.3 is 12.2 Å². The molecule has 0 aliphatic carbocycles. The van der Waals surface area contributed by atoms with Gasteiger partial charge < -0.3 is 26.6 Å². The number of anilines is 5. The van der Waals surface area contributed by atoms with Crippen LogP contribution in [0.2, 0.25) is 0 Å². The van der Waals surface area contributed by atoms with E-state index in [1.165, 1.54) is 49.1 Å². The molecule has 0 atom stereocenters. The van der Waals surface area contributed by atoms with E-state index in [9.17, 15) is 22.8 Å². The van der Waals surface area contributed by atoms with E-state index in [0.29, 0.717) is 21.5 Å². The number of fused-ring (bicyclic) bond motifs is 3. The molecule has 0 spiro atoms. The lowest BCUT2D eigenvalue weighted by Gasteiger charge is -2.41. The molecular weight excluding hydrogens is 1100 g/mol. The third kappa shape index (κ3) is 16.9. The van der Waals surface area contributed by atoms with E-state index in [4.69, 9.17) is 24.4 Å². The standard InChI is InChI=1S/C21H23F3N2S2.C21H25N3OS2.C21H26N2OS/c1-19(2)12-20(3,4)28-17-10-9-15(11-16(17)19)26-18(27)25-14-7-5-13(6-8-14)21(22,23)24;1-20(2)13-21(3,4)27-17-11-10-15(12-16(17)20)22-19(26)24-23-18(25)14-8-6-5-7-9-14;1-14-6-8-15(9-7-14)22-19(24)23-16-10-11-18-17(12-16)20(2,3)13-21(4,5)25-18/h5-11H,12H2,1-4H3,(H2,25,26,27);5-12H,13H2,1-4H3,(H,23,25)(H2,22,24,26);6-12H,13H2,1-5H3,(H2,22,23,24). The predicted octanol–water partition coefficient (Wildman–Crippen LogP) is 18.1. The van der Waals surface area contributed by atoms with E-state index >= 15 is 0 Å². The molecule has 0 saturated heterocycles. The maximum absolute atomic E-state index is 12.7. The minimum absolute atomic E-state index is 0.0459. The second-order valence-electron chi connectivity index (χ2n) is 24.4. The molecule has 0 aromatic heterocycles. The van der Waals surface area contributed by atoms with Crippen LogP contribution in [0.25, 0.3) is 0 Å². The van der Waals surface area contributed by atoms with Crippen molar-refractivity contribution >= 4 is 110 Å². The first-order valence-electron chi connectivity index (χ1n) is 26.5. The number of carbonyl (C=O) groups excluding carboxylic acids is 2. The van der Waals surface area contributed by atoms with Crippen molar-refractivity contribution in [2.45, 2.75) is 161 Å². The molecule has 0 bridgehead atoms. The van der Waals surface area contributed by atoms with Crippen LogP contribution in [0.4, 0.5) is 46.4 Å². The van der Waals surface area contributed by atoms with Crippen molar-refractivity contribution < 1.29 is 22.8 Å². The second kappa shape index (κ2) is 24.4. The summed E-state index contributed by atoms with van der Waals surface area (Å²) in [5, 5.41) is 15.7. The largest absolute Gasteiger partial charge is 0.416 e. The van der Waals surface area contributed by atoms with Crippen LogP contribution in [0.1, 0.15) is 141 Å². The van der Waals surface area contributed by atoms with Gasteiger partial charge in [-0.2, -0.15) is 13.2 Å². The lowest BCUT2D eigenvalue weighted by molar-refractivity contribution is -0.137. The van der Waals surface area contributed by atoms with Crippen LogP contribution in [-0.4, -0.2) is 36.4 Å².